The number of benzene rings is 2. The average molecular weight is 431 g/mol. The number of halogens is 2. The van der Waals surface area contributed by atoms with E-state index in [1.165, 1.54) is 25.8 Å². The summed E-state index contributed by atoms with van der Waals surface area (Å²) in [5.41, 5.74) is 7.86. The summed E-state index contributed by atoms with van der Waals surface area (Å²) in [5, 5.41) is 0. The van der Waals surface area contributed by atoms with Crippen molar-refractivity contribution in [2.24, 2.45) is 5.84 Å². The molecule has 1 atom stereocenters. The van der Waals surface area contributed by atoms with Gasteiger partial charge < -0.3 is 0 Å². The van der Waals surface area contributed by atoms with Crippen LogP contribution in [0.15, 0.2) is 40.9 Å². The van der Waals surface area contributed by atoms with Crippen LogP contribution in [0.4, 0.5) is 0 Å². The second-order valence-electron chi connectivity index (χ2n) is 4.61. The number of hydrogen-bond donors (Lipinski definition) is 2. The van der Waals surface area contributed by atoms with Crippen LogP contribution < -0.4 is 11.3 Å². The van der Waals surface area contributed by atoms with Crippen LogP contribution in [0.1, 0.15) is 28.3 Å². The Balaban J connectivity index is 2.49. The van der Waals surface area contributed by atoms with Crippen LogP contribution in [-0.2, 0) is 0 Å². The van der Waals surface area contributed by atoms with Crippen LogP contribution in [0.2, 0.25) is 0 Å². The van der Waals surface area contributed by atoms with Crippen molar-refractivity contribution in [3.63, 3.8) is 0 Å². The molecule has 2 aromatic carbocycles. The number of nitrogens with two attached hydrogens (primary N) is 1. The highest BCUT2D eigenvalue weighted by Crippen LogP contribution is 2.29. The Morgan fingerprint density at radius 3 is 2.47 bits per heavy atom. The molecule has 19 heavy (non-hydrogen) atoms. The number of hydrazine groups is 1. The normalized spacial score (nSPS) is 12.5. The van der Waals surface area contributed by atoms with Gasteiger partial charge in [0, 0.05) is 8.04 Å². The first kappa shape index (κ1) is 15.0. The van der Waals surface area contributed by atoms with E-state index in [-0.39, 0.29) is 6.04 Å². The Bertz CT molecular complexity index is 599. The standard InChI is InChI=1S/C15H16BrIN2/c1-9-3-4-11(7-10(9)2)15(19-18)13-8-12(16)5-6-14(13)17/h3-8,15,19H,18H2,1-2H3. The van der Waals surface area contributed by atoms with Gasteiger partial charge in [0.05, 0.1) is 6.04 Å². The predicted octanol–water partition coefficient (Wildman–Crippen LogP) is 4.22. The number of aryl methyl sites for hydroxylation is 2. The molecule has 0 saturated heterocycles. The fraction of sp³-hybridized carbons (Fsp3) is 0.200. The summed E-state index contributed by atoms with van der Waals surface area (Å²) in [5.74, 6) is 5.78. The van der Waals surface area contributed by atoms with Crippen molar-refractivity contribution in [1.82, 2.24) is 5.43 Å². The summed E-state index contributed by atoms with van der Waals surface area (Å²) in [7, 11) is 0. The molecule has 1 unspecified atom stereocenters. The third-order valence-corrected chi connectivity index (χ3v) is 4.78. The van der Waals surface area contributed by atoms with Crippen LogP contribution in [0.5, 0.6) is 0 Å². The minimum absolute atomic E-state index is 0.00343. The second-order valence-corrected chi connectivity index (χ2v) is 6.69. The molecule has 0 bridgehead atoms. The van der Waals surface area contributed by atoms with E-state index in [4.69, 9.17) is 5.84 Å². The van der Waals surface area contributed by atoms with Crippen molar-refractivity contribution in [3.05, 3.63) is 66.7 Å². The van der Waals surface area contributed by atoms with Gasteiger partial charge in [0.15, 0.2) is 0 Å². The predicted molar refractivity (Wildman–Crippen MR) is 91.9 cm³/mol. The van der Waals surface area contributed by atoms with Crippen LogP contribution in [0.3, 0.4) is 0 Å². The first-order valence-electron chi connectivity index (χ1n) is 6.01. The zero-order chi connectivity index (χ0) is 14.0. The quantitative estimate of drug-likeness (QED) is 0.434. The molecule has 0 aromatic heterocycles. The van der Waals surface area contributed by atoms with E-state index in [1.807, 2.05) is 6.07 Å². The molecule has 0 fully saturated rings. The molecule has 0 spiro atoms. The minimum Gasteiger partial charge on any atom is -0.271 e. The SMILES string of the molecule is Cc1ccc(C(NN)c2cc(Br)ccc2I)cc1C. The number of hydrogen-bond acceptors (Lipinski definition) is 2. The van der Waals surface area contributed by atoms with E-state index in [9.17, 15) is 0 Å². The van der Waals surface area contributed by atoms with Crippen molar-refractivity contribution in [1.29, 1.82) is 0 Å². The van der Waals surface area contributed by atoms with Gasteiger partial charge in [-0.3, -0.25) is 5.84 Å². The van der Waals surface area contributed by atoms with Gasteiger partial charge >= 0.3 is 0 Å². The van der Waals surface area contributed by atoms with Crippen LogP contribution in [0.25, 0.3) is 0 Å². The van der Waals surface area contributed by atoms with Crippen molar-refractivity contribution in [3.8, 4) is 0 Å². The molecule has 0 saturated carbocycles. The lowest BCUT2D eigenvalue weighted by molar-refractivity contribution is 0.633. The third-order valence-electron chi connectivity index (χ3n) is 3.30. The highest BCUT2D eigenvalue weighted by molar-refractivity contribution is 14.1. The van der Waals surface area contributed by atoms with Gasteiger partial charge in [-0.15, -0.1) is 0 Å². The van der Waals surface area contributed by atoms with Crippen molar-refractivity contribution >= 4 is 38.5 Å². The maximum atomic E-state index is 5.78. The fourth-order valence-electron chi connectivity index (χ4n) is 2.05. The lowest BCUT2D eigenvalue weighted by atomic mass is 9.96. The molecule has 2 nitrogen and oxygen atoms in total. The number of nitrogens with one attached hydrogen (secondary N) is 1. The van der Waals surface area contributed by atoms with Gasteiger partial charge in [-0.05, 0) is 76.9 Å². The first-order chi connectivity index (χ1) is 9.02. The van der Waals surface area contributed by atoms with Gasteiger partial charge in [0.25, 0.3) is 0 Å². The highest BCUT2D eigenvalue weighted by atomic mass is 127. The molecule has 0 heterocycles. The van der Waals surface area contributed by atoms with E-state index in [0.29, 0.717) is 0 Å². The van der Waals surface area contributed by atoms with Crippen molar-refractivity contribution in [2.45, 2.75) is 19.9 Å². The van der Waals surface area contributed by atoms with E-state index in [2.05, 4.69) is 88.1 Å². The molecule has 2 rings (SSSR count). The molecular weight excluding hydrogens is 415 g/mol. The Hall–Kier alpha value is -0.430. The van der Waals surface area contributed by atoms with Crippen LogP contribution >= 0.6 is 38.5 Å². The zero-order valence-corrected chi connectivity index (χ0v) is 14.6. The van der Waals surface area contributed by atoms with Gasteiger partial charge in [-0.2, -0.15) is 0 Å². The van der Waals surface area contributed by atoms with Gasteiger partial charge in [-0.25, -0.2) is 5.43 Å². The molecule has 0 aliphatic heterocycles. The monoisotopic (exact) mass is 430 g/mol. The molecule has 3 N–H and O–H groups in total. The maximum absolute atomic E-state index is 5.78. The number of rotatable bonds is 3. The molecule has 0 amide bonds. The third kappa shape index (κ3) is 3.37. The maximum Gasteiger partial charge on any atom is 0.0720 e. The van der Waals surface area contributed by atoms with E-state index < -0.39 is 0 Å². The van der Waals surface area contributed by atoms with E-state index in [0.717, 1.165) is 4.47 Å². The molecule has 0 aliphatic rings. The minimum atomic E-state index is 0.00343. The molecule has 100 valence electrons. The Morgan fingerprint density at radius 2 is 1.84 bits per heavy atom. The van der Waals surface area contributed by atoms with E-state index in [1.54, 1.807) is 0 Å². The average Bonchev–Trinajstić information content (AvgIpc) is 2.38. The summed E-state index contributed by atoms with van der Waals surface area (Å²) in [6.45, 7) is 4.24. The smallest absolute Gasteiger partial charge is 0.0720 e. The first-order valence-corrected chi connectivity index (χ1v) is 7.88. The van der Waals surface area contributed by atoms with Crippen LogP contribution in [0, 0.1) is 17.4 Å². The van der Waals surface area contributed by atoms with E-state index >= 15 is 0 Å². The Labute approximate surface area is 136 Å². The van der Waals surface area contributed by atoms with Crippen molar-refractivity contribution < 1.29 is 0 Å². The summed E-state index contributed by atoms with van der Waals surface area (Å²) < 4.78 is 2.26. The van der Waals surface area contributed by atoms with Crippen LogP contribution in [-0.4, -0.2) is 0 Å². The fourth-order valence-corrected chi connectivity index (χ4v) is 3.07. The summed E-state index contributed by atoms with van der Waals surface area (Å²) in [4.78, 5) is 0. The lowest BCUT2D eigenvalue weighted by Crippen LogP contribution is -2.29. The molecule has 0 radical (unpaired) electrons. The zero-order valence-electron chi connectivity index (χ0n) is 10.9. The van der Waals surface area contributed by atoms with Gasteiger partial charge in [-0.1, -0.05) is 34.1 Å². The van der Waals surface area contributed by atoms with Gasteiger partial charge in [0.1, 0.15) is 0 Å². The topological polar surface area (TPSA) is 38.0 Å². The lowest BCUT2D eigenvalue weighted by Gasteiger charge is -2.20. The Kier molecular flexibility index (Phi) is 5.00. The Morgan fingerprint density at radius 1 is 1.11 bits per heavy atom. The summed E-state index contributed by atoms with van der Waals surface area (Å²) in [6.07, 6.45) is 0. The molecule has 0 aliphatic carbocycles. The van der Waals surface area contributed by atoms with Crippen molar-refractivity contribution in [2.75, 3.05) is 0 Å². The highest BCUT2D eigenvalue weighted by Gasteiger charge is 2.16. The summed E-state index contributed by atoms with van der Waals surface area (Å²) in [6, 6.07) is 12.7. The second kappa shape index (κ2) is 6.35. The molecular formula is C15H16BrIN2. The largest absolute Gasteiger partial charge is 0.271 e. The molecule has 4 heteroatoms. The van der Waals surface area contributed by atoms with Gasteiger partial charge in [0.2, 0.25) is 0 Å². The summed E-state index contributed by atoms with van der Waals surface area (Å²) >= 11 is 5.86. The molecule has 2 aromatic rings.